The number of nitrogens with two attached hydrogens (primary N) is 1. The van der Waals surface area contributed by atoms with E-state index in [1.807, 2.05) is 26.0 Å². The number of ether oxygens (including phenoxy) is 1. The molecule has 0 aliphatic heterocycles. The Kier molecular flexibility index (Phi) is 4.69. The summed E-state index contributed by atoms with van der Waals surface area (Å²) in [7, 11) is 0. The first-order valence-corrected chi connectivity index (χ1v) is 8.11. The van der Waals surface area contributed by atoms with E-state index < -0.39 is 0 Å². The third kappa shape index (κ3) is 3.63. The second kappa shape index (κ2) is 6.16. The summed E-state index contributed by atoms with van der Waals surface area (Å²) in [4.78, 5) is 5.83. The molecule has 0 fully saturated rings. The van der Waals surface area contributed by atoms with Gasteiger partial charge in [0.15, 0.2) is 0 Å². The smallest absolute Gasteiger partial charge is 0.140 e. The van der Waals surface area contributed by atoms with Crippen LogP contribution in [0.1, 0.15) is 47.5 Å². The van der Waals surface area contributed by atoms with Crippen molar-refractivity contribution in [1.29, 1.82) is 0 Å². The Labute approximate surface area is 131 Å². The van der Waals surface area contributed by atoms with Crippen molar-refractivity contribution in [2.45, 2.75) is 53.2 Å². The lowest BCUT2D eigenvalue weighted by Crippen LogP contribution is -2.28. The highest BCUT2D eigenvalue weighted by molar-refractivity contribution is 7.11. The van der Waals surface area contributed by atoms with Crippen molar-refractivity contribution in [3.63, 3.8) is 0 Å². The molecular weight excluding hydrogens is 280 g/mol. The van der Waals surface area contributed by atoms with Gasteiger partial charge in [-0.1, -0.05) is 19.1 Å². The first kappa shape index (κ1) is 16.0. The fraction of sp³-hybridized carbons (Fsp3) is 0.471. The van der Waals surface area contributed by atoms with E-state index in [1.54, 1.807) is 11.3 Å². The quantitative estimate of drug-likeness (QED) is 0.905. The molecule has 2 rings (SSSR count). The zero-order valence-corrected chi connectivity index (χ0v) is 14.3. The van der Waals surface area contributed by atoms with Gasteiger partial charge in [0.05, 0.1) is 5.69 Å². The maximum absolute atomic E-state index is 6.23. The lowest BCUT2D eigenvalue weighted by molar-refractivity contribution is 0.303. The lowest BCUT2D eigenvalue weighted by Gasteiger charge is -2.17. The van der Waals surface area contributed by atoms with E-state index in [-0.39, 0.29) is 5.54 Å². The molecule has 0 saturated heterocycles. The number of aryl methyl sites for hydroxylation is 2. The maximum Gasteiger partial charge on any atom is 0.140 e. The number of hydrogen-bond donors (Lipinski definition) is 1. The molecule has 0 aliphatic rings. The molecule has 0 saturated carbocycles. The van der Waals surface area contributed by atoms with Crippen molar-refractivity contribution in [1.82, 2.24) is 4.98 Å². The highest BCUT2D eigenvalue weighted by Crippen LogP contribution is 2.30. The second-order valence-electron chi connectivity index (χ2n) is 5.95. The van der Waals surface area contributed by atoms with Gasteiger partial charge < -0.3 is 10.5 Å². The summed E-state index contributed by atoms with van der Waals surface area (Å²) in [6.45, 7) is 10.8. The van der Waals surface area contributed by atoms with Crippen molar-refractivity contribution in [3.05, 3.63) is 44.9 Å². The summed E-state index contributed by atoms with van der Waals surface area (Å²) in [6, 6.07) is 6.12. The summed E-state index contributed by atoms with van der Waals surface area (Å²) in [5, 5.41) is 0.987. The van der Waals surface area contributed by atoms with Gasteiger partial charge in [-0.15, -0.1) is 11.3 Å². The van der Waals surface area contributed by atoms with Crippen molar-refractivity contribution < 1.29 is 4.74 Å². The van der Waals surface area contributed by atoms with Gasteiger partial charge in [-0.3, -0.25) is 0 Å². The Morgan fingerprint density at radius 1 is 1.29 bits per heavy atom. The predicted molar refractivity (Wildman–Crippen MR) is 89.0 cm³/mol. The first-order chi connectivity index (χ1) is 9.82. The molecule has 2 aromatic rings. The minimum Gasteiger partial charge on any atom is -0.486 e. The zero-order valence-electron chi connectivity index (χ0n) is 13.5. The molecule has 0 spiro atoms. The van der Waals surface area contributed by atoms with E-state index in [0.29, 0.717) is 6.61 Å². The fourth-order valence-electron chi connectivity index (χ4n) is 2.23. The largest absolute Gasteiger partial charge is 0.486 e. The number of rotatable bonds is 5. The summed E-state index contributed by atoms with van der Waals surface area (Å²) >= 11 is 1.66. The van der Waals surface area contributed by atoms with Gasteiger partial charge in [0.1, 0.15) is 17.4 Å². The van der Waals surface area contributed by atoms with Crippen molar-refractivity contribution >= 4 is 11.3 Å². The molecule has 1 aromatic heterocycles. The Balaban J connectivity index is 2.17. The van der Waals surface area contributed by atoms with E-state index in [2.05, 4.69) is 31.8 Å². The normalized spacial score (nSPS) is 11.7. The molecule has 0 atom stereocenters. The van der Waals surface area contributed by atoms with Crippen LogP contribution in [0.25, 0.3) is 0 Å². The molecule has 114 valence electrons. The zero-order chi connectivity index (χ0) is 15.6. The summed E-state index contributed by atoms with van der Waals surface area (Å²) in [5.41, 5.74) is 9.40. The minimum atomic E-state index is -0.347. The maximum atomic E-state index is 6.23. The second-order valence-corrected chi connectivity index (χ2v) is 7.03. The van der Waals surface area contributed by atoms with Crippen LogP contribution in [0.5, 0.6) is 5.75 Å². The minimum absolute atomic E-state index is 0.347. The molecule has 21 heavy (non-hydrogen) atoms. The molecular formula is C17H24N2OS. The fourth-order valence-corrected chi connectivity index (χ4v) is 3.31. The standard InChI is InChI=1S/C17H24N2OS/c1-6-13-16(17(4,5)18)21-15(19-13)10-20-14-9-7-8-11(2)12(14)3/h7-9H,6,10,18H2,1-5H3. The van der Waals surface area contributed by atoms with E-state index in [0.717, 1.165) is 27.7 Å². The van der Waals surface area contributed by atoms with Crippen LogP contribution < -0.4 is 10.5 Å². The van der Waals surface area contributed by atoms with Gasteiger partial charge in [0.25, 0.3) is 0 Å². The topological polar surface area (TPSA) is 48.1 Å². The Bertz CT molecular complexity index is 626. The van der Waals surface area contributed by atoms with Crippen LogP contribution in [0.3, 0.4) is 0 Å². The number of thiazole rings is 1. The van der Waals surface area contributed by atoms with Crippen molar-refractivity contribution in [2.24, 2.45) is 5.73 Å². The van der Waals surface area contributed by atoms with Crippen LogP contribution in [-0.2, 0) is 18.6 Å². The molecule has 0 radical (unpaired) electrons. The number of aromatic nitrogens is 1. The van der Waals surface area contributed by atoms with E-state index in [4.69, 9.17) is 10.5 Å². The van der Waals surface area contributed by atoms with Gasteiger partial charge in [-0.05, 0) is 51.3 Å². The lowest BCUT2D eigenvalue weighted by atomic mass is 10.0. The molecule has 2 N–H and O–H groups in total. The van der Waals surface area contributed by atoms with Gasteiger partial charge in [-0.2, -0.15) is 0 Å². The number of benzene rings is 1. The molecule has 0 bridgehead atoms. The number of hydrogen-bond acceptors (Lipinski definition) is 4. The first-order valence-electron chi connectivity index (χ1n) is 7.30. The SMILES string of the molecule is CCc1nc(COc2cccc(C)c2C)sc1C(C)(C)N. The molecule has 3 nitrogen and oxygen atoms in total. The van der Waals surface area contributed by atoms with Crippen molar-refractivity contribution in [2.75, 3.05) is 0 Å². The monoisotopic (exact) mass is 304 g/mol. The average Bonchev–Trinajstić information content (AvgIpc) is 2.84. The summed E-state index contributed by atoms with van der Waals surface area (Å²) in [5.74, 6) is 0.928. The van der Waals surface area contributed by atoms with Crippen LogP contribution in [0, 0.1) is 13.8 Å². The van der Waals surface area contributed by atoms with Crippen LogP contribution in [-0.4, -0.2) is 4.98 Å². The Hall–Kier alpha value is -1.39. The van der Waals surface area contributed by atoms with E-state index in [9.17, 15) is 0 Å². The third-order valence-corrected chi connectivity index (χ3v) is 4.98. The van der Waals surface area contributed by atoms with Crippen LogP contribution in [0.2, 0.25) is 0 Å². The van der Waals surface area contributed by atoms with Crippen LogP contribution in [0.15, 0.2) is 18.2 Å². The summed E-state index contributed by atoms with van der Waals surface area (Å²) in [6.07, 6.45) is 0.899. The highest BCUT2D eigenvalue weighted by atomic mass is 32.1. The van der Waals surface area contributed by atoms with Crippen LogP contribution >= 0.6 is 11.3 Å². The molecule has 0 amide bonds. The number of nitrogens with zero attached hydrogens (tertiary/aromatic N) is 1. The Morgan fingerprint density at radius 2 is 2.00 bits per heavy atom. The molecule has 1 heterocycles. The average molecular weight is 304 g/mol. The van der Waals surface area contributed by atoms with E-state index >= 15 is 0 Å². The van der Waals surface area contributed by atoms with Gasteiger partial charge in [-0.25, -0.2) is 4.98 Å². The molecule has 1 aromatic carbocycles. The third-order valence-electron chi connectivity index (χ3n) is 3.57. The summed E-state index contributed by atoms with van der Waals surface area (Å²) < 4.78 is 5.94. The highest BCUT2D eigenvalue weighted by Gasteiger charge is 2.22. The van der Waals surface area contributed by atoms with Gasteiger partial charge >= 0.3 is 0 Å². The molecule has 0 unspecified atom stereocenters. The van der Waals surface area contributed by atoms with Gasteiger partial charge in [0, 0.05) is 10.4 Å². The van der Waals surface area contributed by atoms with Crippen LogP contribution in [0.4, 0.5) is 0 Å². The van der Waals surface area contributed by atoms with Gasteiger partial charge in [0.2, 0.25) is 0 Å². The van der Waals surface area contributed by atoms with E-state index in [1.165, 1.54) is 11.1 Å². The molecule has 0 aliphatic carbocycles. The molecule has 4 heteroatoms. The van der Waals surface area contributed by atoms with Crippen molar-refractivity contribution in [3.8, 4) is 5.75 Å². The Morgan fingerprint density at radius 3 is 2.57 bits per heavy atom. The predicted octanol–water partition coefficient (Wildman–Crippen LogP) is 4.10.